The van der Waals surface area contributed by atoms with E-state index < -0.39 is 0 Å². The molecule has 4 nitrogen and oxygen atoms in total. The predicted octanol–water partition coefficient (Wildman–Crippen LogP) is 1.35. The maximum atomic E-state index is 12.1. The summed E-state index contributed by atoms with van der Waals surface area (Å²) in [7, 11) is 4.23. The van der Waals surface area contributed by atoms with Crippen molar-refractivity contribution in [3.8, 4) is 0 Å². The Bertz CT molecular complexity index is 260. The standard InChI is InChI=1S/C14H29N3O/c1-4-7-12(10-15)13(18)16-11-14(17(2)3)8-5-6-9-14/h12H,4-11,15H2,1-3H3,(H,16,18). The van der Waals surface area contributed by atoms with E-state index >= 15 is 0 Å². The van der Waals surface area contributed by atoms with Gasteiger partial charge in [-0.15, -0.1) is 0 Å². The van der Waals surface area contributed by atoms with Gasteiger partial charge in [0.2, 0.25) is 5.91 Å². The molecule has 1 fully saturated rings. The molecule has 1 aliphatic rings. The van der Waals surface area contributed by atoms with E-state index in [-0.39, 0.29) is 17.4 Å². The van der Waals surface area contributed by atoms with Crippen LogP contribution in [0.3, 0.4) is 0 Å². The van der Waals surface area contributed by atoms with Gasteiger partial charge in [0, 0.05) is 18.6 Å². The Morgan fingerprint density at radius 3 is 2.44 bits per heavy atom. The van der Waals surface area contributed by atoms with E-state index in [1.807, 2.05) is 0 Å². The quantitative estimate of drug-likeness (QED) is 0.722. The summed E-state index contributed by atoms with van der Waals surface area (Å²) in [6.45, 7) is 3.31. The third-order valence-electron chi connectivity index (χ3n) is 4.37. The number of carbonyl (C=O) groups excluding carboxylic acids is 1. The Morgan fingerprint density at radius 1 is 1.39 bits per heavy atom. The minimum atomic E-state index is -0.0179. The molecular formula is C14H29N3O. The molecule has 0 bridgehead atoms. The second-order valence-corrected chi connectivity index (χ2v) is 5.76. The predicted molar refractivity (Wildman–Crippen MR) is 75.3 cm³/mol. The number of hydrogen-bond donors (Lipinski definition) is 2. The first-order valence-corrected chi connectivity index (χ1v) is 7.21. The van der Waals surface area contributed by atoms with Crippen LogP contribution in [0.15, 0.2) is 0 Å². The van der Waals surface area contributed by atoms with Gasteiger partial charge in [0.15, 0.2) is 0 Å². The van der Waals surface area contributed by atoms with Crippen LogP contribution in [0, 0.1) is 5.92 Å². The number of nitrogens with zero attached hydrogens (tertiary/aromatic N) is 1. The number of amides is 1. The van der Waals surface area contributed by atoms with Crippen LogP contribution in [0.5, 0.6) is 0 Å². The molecule has 0 saturated heterocycles. The van der Waals surface area contributed by atoms with E-state index in [2.05, 4.69) is 31.2 Å². The lowest BCUT2D eigenvalue weighted by molar-refractivity contribution is -0.125. The second-order valence-electron chi connectivity index (χ2n) is 5.76. The summed E-state index contributed by atoms with van der Waals surface area (Å²) in [6.07, 6.45) is 6.79. The van der Waals surface area contributed by atoms with Crippen LogP contribution in [0.1, 0.15) is 45.4 Å². The van der Waals surface area contributed by atoms with Gasteiger partial charge >= 0.3 is 0 Å². The van der Waals surface area contributed by atoms with E-state index in [1.54, 1.807) is 0 Å². The van der Waals surface area contributed by atoms with E-state index in [9.17, 15) is 4.79 Å². The molecule has 0 heterocycles. The van der Waals surface area contributed by atoms with E-state index in [0.717, 1.165) is 19.4 Å². The van der Waals surface area contributed by atoms with Crippen molar-refractivity contribution in [2.45, 2.75) is 51.0 Å². The fourth-order valence-corrected chi connectivity index (χ4v) is 2.92. The maximum Gasteiger partial charge on any atom is 0.224 e. The van der Waals surface area contributed by atoms with Crippen molar-refractivity contribution in [2.75, 3.05) is 27.2 Å². The van der Waals surface area contributed by atoms with E-state index in [0.29, 0.717) is 6.54 Å². The summed E-state index contributed by atoms with van der Waals surface area (Å²) in [5.74, 6) is 0.114. The SMILES string of the molecule is CCCC(CN)C(=O)NCC1(N(C)C)CCCC1. The molecule has 0 aromatic rings. The Kier molecular flexibility index (Phi) is 6.09. The molecule has 0 spiro atoms. The highest BCUT2D eigenvalue weighted by molar-refractivity contribution is 5.78. The van der Waals surface area contributed by atoms with Crippen LogP contribution in [0.2, 0.25) is 0 Å². The molecule has 1 saturated carbocycles. The summed E-state index contributed by atoms with van der Waals surface area (Å²) in [4.78, 5) is 14.4. The summed E-state index contributed by atoms with van der Waals surface area (Å²) >= 11 is 0. The minimum absolute atomic E-state index is 0.0179. The number of nitrogens with one attached hydrogen (secondary N) is 1. The summed E-state index contributed by atoms with van der Waals surface area (Å²) in [5, 5.41) is 3.12. The number of nitrogens with two attached hydrogens (primary N) is 1. The number of carbonyl (C=O) groups is 1. The maximum absolute atomic E-state index is 12.1. The highest BCUT2D eigenvalue weighted by Crippen LogP contribution is 2.33. The van der Waals surface area contributed by atoms with Crippen molar-refractivity contribution in [1.82, 2.24) is 10.2 Å². The molecule has 1 amide bonds. The van der Waals surface area contributed by atoms with Crippen molar-refractivity contribution in [2.24, 2.45) is 11.7 Å². The minimum Gasteiger partial charge on any atom is -0.354 e. The molecule has 0 aliphatic heterocycles. The Balaban J connectivity index is 2.49. The van der Waals surface area contributed by atoms with E-state index in [1.165, 1.54) is 25.7 Å². The van der Waals surface area contributed by atoms with Crippen molar-refractivity contribution < 1.29 is 4.79 Å². The highest BCUT2D eigenvalue weighted by atomic mass is 16.1. The molecule has 4 heteroatoms. The molecule has 1 unspecified atom stereocenters. The Morgan fingerprint density at radius 2 is 2.00 bits per heavy atom. The molecule has 0 aromatic heterocycles. The van der Waals surface area contributed by atoms with Gasteiger partial charge in [-0.2, -0.15) is 0 Å². The zero-order valence-electron chi connectivity index (χ0n) is 12.2. The molecule has 1 atom stereocenters. The molecular weight excluding hydrogens is 226 g/mol. The first-order chi connectivity index (χ1) is 8.55. The average molecular weight is 255 g/mol. The average Bonchev–Trinajstić information content (AvgIpc) is 2.83. The van der Waals surface area contributed by atoms with Crippen LogP contribution in [-0.4, -0.2) is 43.5 Å². The van der Waals surface area contributed by atoms with Crippen LogP contribution in [0.25, 0.3) is 0 Å². The van der Waals surface area contributed by atoms with Crippen LogP contribution in [0.4, 0.5) is 0 Å². The van der Waals surface area contributed by atoms with Crippen LogP contribution in [-0.2, 0) is 4.79 Å². The summed E-state index contributed by atoms with van der Waals surface area (Å²) < 4.78 is 0. The molecule has 0 aromatic carbocycles. The molecule has 1 rings (SSSR count). The summed E-state index contributed by atoms with van der Waals surface area (Å²) in [6, 6.07) is 0. The van der Waals surface area contributed by atoms with Crippen LogP contribution >= 0.6 is 0 Å². The third kappa shape index (κ3) is 3.69. The van der Waals surface area contributed by atoms with Gasteiger partial charge in [0.05, 0.1) is 5.92 Å². The lowest BCUT2D eigenvalue weighted by Crippen LogP contribution is -2.52. The highest BCUT2D eigenvalue weighted by Gasteiger charge is 2.36. The van der Waals surface area contributed by atoms with Gasteiger partial charge in [-0.1, -0.05) is 26.2 Å². The monoisotopic (exact) mass is 255 g/mol. The molecule has 106 valence electrons. The lowest BCUT2D eigenvalue weighted by atomic mass is 9.95. The van der Waals surface area contributed by atoms with Gasteiger partial charge in [0.25, 0.3) is 0 Å². The molecule has 18 heavy (non-hydrogen) atoms. The fraction of sp³-hybridized carbons (Fsp3) is 0.929. The zero-order chi connectivity index (χ0) is 13.6. The van der Waals surface area contributed by atoms with Crippen molar-refractivity contribution in [1.29, 1.82) is 0 Å². The number of likely N-dealkylation sites (N-methyl/N-ethyl adjacent to an activating group) is 1. The van der Waals surface area contributed by atoms with Gasteiger partial charge in [-0.3, -0.25) is 4.79 Å². The number of rotatable bonds is 7. The topological polar surface area (TPSA) is 58.4 Å². The van der Waals surface area contributed by atoms with E-state index in [4.69, 9.17) is 5.73 Å². The van der Waals surface area contributed by atoms with Crippen LogP contribution < -0.4 is 11.1 Å². The van der Waals surface area contributed by atoms with Gasteiger partial charge in [-0.25, -0.2) is 0 Å². The molecule has 0 radical (unpaired) electrons. The second kappa shape index (κ2) is 7.10. The smallest absolute Gasteiger partial charge is 0.224 e. The first-order valence-electron chi connectivity index (χ1n) is 7.21. The third-order valence-corrected chi connectivity index (χ3v) is 4.37. The van der Waals surface area contributed by atoms with Gasteiger partial charge in [-0.05, 0) is 33.4 Å². The van der Waals surface area contributed by atoms with Crippen molar-refractivity contribution in [3.05, 3.63) is 0 Å². The zero-order valence-corrected chi connectivity index (χ0v) is 12.2. The van der Waals surface area contributed by atoms with Gasteiger partial charge in [0.1, 0.15) is 0 Å². The van der Waals surface area contributed by atoms with Gasteiger partial charge < -0.3 is 16.0 Å². The first kappa shape index (κ1) is 15.4. The largest absolute Gasteiger partial charge is 0.354 e. The van der Waals surface area contributed by atoms with Crippen molar-refractivity contribution >= 4 is 5.91 Å². The lowest BCUT2D eigenvalue weighted by Gasteiger charge is -2.36. The summed E-state index contributed by atoms with van der Waals surface area (Å²) in [5.41, 5.74) is 5.83. The molecule has 1 aliphatic carbocycles. The Labute approximate surface area is 111 Å². The Hall–Kier alpha value is -0.610. The molecule has 3 N–H and O–H groups in total. The number of hydrogen-bond acceptors (Lipinski definition) is 3. The van der Waals surface area contributed by atoms with Crippen molar-refractivity contribution in [3.63, 3.8) is 0 Å². The fourth-order valence-electron chi connectivity index (χ4n) is 2.92. The normalized spacial score (nSPS) is 20.1.